The fourth-order valence-electron chi connectivity index (χ4n) is 1.71. The van der Waals surface area contributed by atoms with Gasteiger partial charge in [-0.3, -0.25) is 4.79 Å². The van der Waals surface area contributed by atoms with Crippen molar-refractivity contribution in [3.8, 4) is 5.75 Å². The lowest BCUT2D eigenvalue weighted by Gasteiger charge is -2.19. The Kier molecular flexibility index (Phi) is 2.95. The first-order chi connectivity index (χ1) is 8.41. The zero-order valence-electron chi connectivity index (χ0n) is 10.5. The molecule has 0 saturated carbocycles. The number of ether oxygens (including phenoxy) is 1. The summed E-state index contributed by atoms with van der Waals surface area (Å²) in [6, 6.07) is 7.12. The van der Waals surface area contributed by atoms with E-state index in [0.29, 0.717) is 5.58 Å². The van der Waals surface area contributed by atoms with Crippen LogP contribution in [0, 0.1) is 0 Å². The van der Waals surface area contributed by atoms with Crippen LogP contribution in [-0.2, 0) is 10.2 Å². The third-order valence-corrected chi connectivity index (χ3v) is 2.74. The van der Waals surface area contributed by atoms with Crippen molar-refractivity contribution < 1.29 is 13.9 Å². The maximum atomic E-state index is 11.5. The molecule has 0 atom stereocenters. The molecule has 2 rings (SSSR count). The number of hydrogen-bond acceptors (Lipinski definition) is 4. The van der Waals surface area contributed by atoms with Gasteiger partial charge in [-0.25, -0.2) is 4.79 Å². The Balaban J connectivity index is 2.65. The van der Waals surface area contributed by atoms with Crippen LogP contribution in [0.25, 0.3) is 11.0 Å². The number of benzene rings is 1. The van der Waals surface area contributed by atoms with Gasteiger partial charge in [0.2, 0.25) is 5.75 Å². The normalized spacial score (nSPS) is 11.5. The predicted molar refractivity (Wildman–Crippen MR) is 67.9 cm³/mol. The zero-order chi connectivity index (χ0) is 13.3. The highest BCUT2D eigenvalue weighted by Gasteiger charge is 2.15. The van der Waals surface area contributed by atoms with Crippen LogP contribution in [0.15, 0.2) is 33.5 Å². The zero-order valence-corrected chi connectivity index (χ0v) is 10.5. The van der Waals surface area contributed by atoms with Crippen LogP contribution >= 0.6 is 0 Å². The largest absolute Gasteiger partial charge is 0.421 e. The summed E-state index contributed by atoms with van der Waals surface area (Å²) >= 11 is 0. The number of carbonyl (C=O) groups excluding carboxylic acids is 1. The maximum absolute atomic E-state index is 11.5. The topological polar surface area (TPSA) is 56.5 Å². The summed E-state index contributed by atoms with van der Waals surface area (Å²) < 4.78 is 9.66. The first-order valence-corrected chi connectivity index (χ1v) is 5.60. The second-order valence-electron chi connectivity index (χ2n) is 5.11. The van der Waals surface area contributed by atoms with Crippen molar-refractivity contribution in [3.05, 3.63) is 40.2 Å². The van der Waals surface area contributed by atoms with E-state index in [1.807, 2.05) is 12.1 Å². The molecular formula is C14H14O4. The molecule has 1 heterocycles. The van der Waals surface area contributed by atoms with E-state index in [-0.39, 0.29) is 17.6 Å². The van der Waals surface area contributed by atoms with E-state index in [4.69, 9.17) is 4.42 Å². The highest BCUT2D eigenvalue weighted by atomic mass is 16.5. The third-order valence-electron chi connectivity index (χ3n) is 2.74. The summed E-state index contributed by atoms with van der Waals surface area (Å²) in [5.41, 5.74) is 0.931. The van der Waals surface area contributed by atoms with Gasteiger partial charge in [0, 0.05) is 5.39 Å². The summed E-state index contributed by atoms with van der Waals surface area (Å²) in [5, 5.41) is 0.735. The summed E-state index contributed by atoms with van der Waals surface area (Å²) in [7, 11) is 0. The number of hydrogen-bond donors (Lipinski definition) is 0. The van der Waals surface area contributed by atoms with Crippen LogP contribution in [0.4, 0.5) is 0 Å². The molecule has 0 aliphatic carbocycles. The number of fused-ring (bicyclic) bond motifs is 1. The first-order valence-electron chi connectivity index (χ1n) is 5.60. The molecule has 0 bridgehead atoms. The van der Waals surface area contributed by atoms with Crippen LogP contribution in [0.1, 0.15) is 26.3 Å². The Labute approximate surface area is 104 Å². The van der Waals surface area contributed by atoms with Crippen molar-refractivity contribution in [2.24, 2.45) is 0 Å². The number of carbonyl (C=O) groups is 1. The molecule has 0 radical (unpaired) electrons. The lowest BCUT2D eigenvalue weighted by atomic mass is 9.86. The van der Waals surface area contributed by atoms with Gasteiger partial charge in [-0.15, -0.1) is 0 Å². The molecule has 0 N–H and O–H groups in total. The molecule has 0 fully saturated rings. The van der Waals surface area contributed by atoms with Crippen LogP contribution in [0.3, 0.4) is 0 Å². The quantitative estimate of drug-likeness (QED) is 0.603. The minimum absolute atomic E-state index is 0.00396. The molecule has 0 spiro atoms. The molecule has 0 aliphatic rings. The Morgan fingerprint density at radius 1 is 1.22 bits per heavy atom. The lowest BCUT2D eigenvalue weighted by molar-refractivity contribution is -0.120. The molecule has 1 aromatic heterocycles. The van der Waals surface area contributed by atoms with E-state index in [0.717, 1.165) is 10.9 Å². The lowest BCUT2D eigenvalue weighted by Crippen LogP contribution is -2.11. The van der Waals surface area contributed by atoms with Crippen molar-refractivity contribution >= 4 is 17.4 Å². The van der Waals surface area contributed by atoms with Crippen molar-refractivity contribution in [2.75, 3.05) is 0 Å². The Bertz CT molecular complexity index is 647. The van der Waals surface area contributed by atoms with Crippen LogP contribution < -0.4 is 10.4 Å². The van der Waals surface area contributed by atoms with E-state index in [1.165, 1.54) is 6.07 Å². The van der Waals surface area contributed by atoms with E-state index in [2.05, 4.69) is 25.5 Å². The summed E-state index contributed by atoms with van der Waals surface area (Å²) in [4.78, 5) is 21.7. The second-order valence-corrected chi connectivity index (χ2v) is 5.11. The highest BCUT2D eigenvalue weighted by Crippen LogP contribution is 2.26. The van der Waals surface area contributed by atoms with Gasteiger partial charge in [0.15, 0.2) is 0 Å². The van der Waals surface area contributed by atoms with Gasteiger partial charge in [0.25, 0.3) is 6.47 Å². The van der Waals surface area contributed by atoms with Crippen molar-refractivity contribution in [3.63, 3.8) is 0 Å². The van der Waals surface area contributed by atoms with Gasteiger partial charge in [-0.2, -0.15) is 0 Å². The fraction of sp³-hybridized carbons (Fsp3) is 0.286. The van der Waals surface area contributed by atoms with E-state index in [1.54, 1.807) is 6.07 Å². The molecular weight excluding hydrogens is 232 g/mol. The van der Waals surface area contributed by atoms with E-state index >= 15 is 0 Å². The number of rotatable bonds is 2. The Morgan fingerprint density at radius 2 is 1.94 bits per heavy atom. The van der Waals surface area contributed by atoms with Crippen molar-refractivity contribution in [1.82, 2.24) is 0 Å². The van der Waals surface area contributed by atoms with Gasteiger partial charge in [-0.1, -0.05) is 26.8 Å². The predicted octanol–water partition coefficient (Wildman–Crippen LogP) is 2.63. The van der Waals surface area contributed by atoms with E-state index < -0.39 is 5.63 Å². The molecule has 94 valence electrons. The molecule has 0 amide bonds. The average Bonchev–Trinajstić information content (AvgIpc) is 2.28. The van der Waals surface area contributed by atoms with Crippen LogP contribution in [-0.4, -0.2) is 6.47 Å². The molecule has 4 nitrogen and oxygen atoms in total. The molecule has 1 aromatic carbocycles. The van der Waals surface area contributed by atoms with Crippen LogP contribution in [0.5, 0.6) is 5.75 Å². The van der Waals surface area contributed by atoms with E-state index in [9.17, 15) is 9.59 Å². The summed E-state index contributed by atoms with van der Waals surface area (Å²) in [6.07, 6.45) is 0. The molecule has 4 heteroatoms. The Morgan fingerprint density at radius 3 is 2.56 bits per heavy atom. The minimum atomic E-state index is -0.655. The van der Waals surface area contributed by atoms with Crippen molar-refractivity contribution in [1.29, 1.82) is 0 Å². The van der Waals surface area contributed by atoms with Crippen molar-refractivity contribution in [2.45, 2.75) is 26.2 Å². The Hall–Kier alpha value is -2.10. The second kappa shape index (κ2) is 4.29. The SMILES string of the molecule is CC(C)(C)c1ccc2oc(=O)c(OC=O)cc2c1. The van der Waals surface area contributed by atoms with Gasteiger partial charge >= 0.3 is 5.63 Å². The highest BCUT2D eigenvalue weighted by molar-refractivity contribution is 5.79. The van der Waals surface area contributed by atoms with Gasteiger partial charge in [0.1, 0.15) is 5.58 Å². The monoisotopic (exact) mass is 246 g/mol. The van der Waals surface area contributed by atoms with Gasteiger partial charge in [0.05, 0.1) is 0 Å². The molecule has 0 unspecified atom stereocenters. The smallest absolute Gasteiger partial charge is 0.379 e. The van der Waals surface area contributed by atoms with Crippen LogP contribution in [0.2, 0.25) is 0 Å². The molecule has 0 aliphatic heterocycles. The fourth-order valence-corrected chi connectivity index (χ4v) is 1.71. The standard InChI is InChI=1S/C14H14O4/c1-14(2,3)10-4-5-11-9(6-10)7-12(17-8-15)13(16)18-11/h4-8H,1-3H3. The summed E-state index contributed by atoms with van der Waals surface area (Å²) in [5.74, 6) is -0.0939. The average molecular weight is 246 g/mol. The van der Waals surface area contributed by atoms with Gasteiger partial charge in [-0.05, 0) is 29.2 Å². The first kappa shape index (κ1) is 12.4. The maximum Gasteiger partial charge on any atom is 0.379 e. The molecule has 2 aromatic rings. The van der Waals surface area contributed by atoms with Gasteiger partial charge < -0.3 is 9.15 Å². The minimum Gasteiger partial charge on any atom is -0.421 e. The summed E-state index contributed by atoms with van der Waals surface area (Å²) in [6.45, 7) is 6.49. The molecule has 0 saturated heterocycles. The molecule has 18 heavy (non-hydrogen) atoms. The third kappa shape index (κ3) is 2.27.